The molecular weight excluding hydrogens is 397 g/mol. The van der Waals surface area contributed by atoms with Crippen molar-refractivity contribution in [1.29, 1.82) is 0 Å². The second kappa shape index (κ2) is 6.82. The molecule has 1 aliphatic carbocycles. The smallest absolute Gasteiger partial charge is 0.247 e. The summed E-state index contributed by atoms with van der Waals surface area (Å²) in [5, 5.41) is 0. The standard InChI is InChI=1S/C17H17BrFNO3S/c1-23-16-9-4-13(18)10-17(16)24(21,22)20(15-7-8-15)11-12-2-5-14(19)6-3-12/h2-6,9-10,15H,7-8,11H2,1H3. The van der Waals surface area contributed by atoms with Gasteiger partial charge in [0.05, 0.1) is 7.11 Å². The monoisotopic (exact) mass is 413 g/mol. The molecule has 0 spiro atoms. The third-order valence-electron chi connectivity index (χ3n) is 3.92. The van der Waals surface area contributed by atoms with E-state index in [1.807, 2.05) is 0 Å². The summed E-state index contributed by atoms with van der Waals surface area (Å²) in [6.07, 6.45) is 1.66. The van der Waals surface area contributed by atoms with Crippen LogP contribution in [0.5, 0.6) is 5.75 Å². The Morgan fingerprint density at radius 1 is 1.21 bits per heavy atom. The molecule has 2 aromatic rings. The van der Waals surface area contributed by atoms with E-state index in [4.69, 9.17) is 4.74 Å². The molecule has 0 radical (unpaired) electrons. The molecule has 0 unspecified atom stereocenters. The molecule has 0 saturated heterocycles. The van der Waals surface area contributed by atoms with Gasteiger partial charge < -0.3 is 4.74 Å². The van der Waals surface area contributed by atoms with Gasteiger partial charge in [0.15, 0.2) is 0 Å². The largest absolute Gasteiger partial charge is 0.495 e. The summed E-state index contributed by atoms with van der Waals surface area (Å²) < 4.78 is 46.8. The van der Waals surface area contributed by atoms with Crippen LogP contribution in [0.15, 0.2) is 51.8 Å². The molecule has 24 heavy (non-hydrogen) atoms. The minimum atomic E-state index is -3.73. The molecule has 1 fully saturated rings. The lowest BCUT2D eigenvalue weighted by Crippen LogP contribution is -2.33. The van der Waals surface area contributed by atoms with Crippen LogP contribution in [-0.2, 0) is 16.6 Å². The first-order valence-electron chi connectivity index (χ1n) is 7.51. The van der Waals surface area contributed by atoms with Crippen LogP contribution in [0.1, 0.15) is 18.4 Å². The summed E-state index contributed by atoms with van der Waals surface area (Å²) >= 11 is 3.31. The molecule has 3 rings (SSSR count). The molecular formula is C17H17BrFNO3S. The highest BCUT2D eigenvalue weighted by atomic mass is 79.9. The van der Waals surface area contributed by atoms with Crippen LogP contribution >= 0.6 is 15.9 Å². The van der Waals surface area contributed by atoms with Crippen LogP contribution in [0, 0.1) is 5.82 Å². The third kappa shape index (κ3) is 3.63. The highest BCUT2D eigenvalue weighted by Crippen LogP contribution is 2.37. The van der Waals surface area contributed by atoms with Gasteiger partial charge in [-0.25, -0.2) is 12.8 Å². The van der Waals surface area contributed by atoms with Gasteiger partial charge in [-0.2, -0.15) is 4.31 Å². The maximum atomic E-state index is 13.2. The van der Waals surface area contributed by atoms with Crippen molar-refractivity contribution in [2.45, 2.75) is 30.3 Å². The van der Waals surface area contributed by atoms with E-state index in [2.05, 4.69) is 15.9 Å². The van der Waals surface area contributed by atoms with Gasteiger partial charge in [-0.3, -0.25) is 0 Å². The molecule has 0 atom stereocenters. The van der Waals surface area contributed by atoms with Crippen molar-refractivity contribution >= 4 is 26.0 Å². The van der Waals surface area contributed by atoms with Crippen molar-refractivity contribution in [1.82, 2.24) is 4.31 Å². The normalized spacial score (nSPS) is 14.8. The Labute approximate surface area is 149 Å². The molecule has 0 heterocycles. The van der Waals surface area contributed by atoms with Gasteiger partial charge in [-0.15, -0.1) is 0 Å². The van der Waals surface area contributed by atoms with Gasteiger partial charge in [0.1, 0.15) is 16.5 Å². The van der Waals surface area contributed by atoms with E-state index < -0.39 is 10.0 Å². The predicted octanol–water partition coefficient (Wildman–Crippen LogP) is 3.95. The van der Waals surface area contributed by atoms with Crippen molar-refractivity contribution in [2.24, 2.45) is 0 Å². The topological polar surface area (TPSA) is 46.6 Å². The number of ether oxygens (including phenoxy) is 1. The van der Waals surface area contributed by atoms with Gasteiger partial charge in [0, 0.05) is 17.1 Å². The molecule has 0 aliphatic heterocycles. The summed E-state index contributed by atoms with van der Waals surface area (Å²) in [5.41, 5.74) is 0.751. The first-order valence-corrected chi connectivity index (χ1v) is 9.75. The highest BCUT2D eigenvalue weighted by Gasteiger charge is 2.39. The molecule has 7 heteroatoms. The maximum Gasteiger partial charge on any atom is 0.247 e. The zero-order valence-corrected chi connectivity index (χ0v) is 15.5. The molecule has 1 aliphatic rings. The third-order valence-corrected chi connectivity index (χ3v) is 6.33. The average molecular weight is 414 g/mol. The van der Waals surface area contributed by atoms with Gasteiger partial charge in [-0.1, -0.05) is 28.1 Å². The Bertz CT molecular complexity index is 835. The van der Waals surface area contributed by atoms with Gasteiger partial charge in [0.25, 0.3) is 0 Å². The summed E-state index contributed by atoms with van der Waals surface area (Å²) in [6, 6.07) is 10.8. The Kier molecular flexibility index (Phi) is 4.94. The Morgan fingerprint density at radius 3 is 2.46 bits per heavy atom. The van der Waals surface area contributed by atoms with Crippen molar-refractivity contribution in [3.63, 3.8) is 0 Å². The van der Waals surface area contributed by atoms with Crippen molar-refractivity contribution in [3.05, 3.63) is 58.3 Å². The highest BCUT2D eigenvalue weighted by molar-refractivity contribution is 9.10. The average Bonchev–Trinajstić information content (AvgIpc) is 3.38. The molecule has 0 N–H and O–H groups in total. The zero-order chi connectivity index (χ0) is 17.3. The van der Waals surface area contributed by atoms with E-state index in [0.29, 0.717) is 10.2 Å². The summed E-state index contributed by atoms with van der Waals surface area (Å²) in [5.74, 6) is -0.0313. The maximum absolute atomic E-state index is 13.2. The number of sulfonamides is 1. The minimum Gasteiger partial charge on any atom is -0.495 e. The van der Waals surface area contributed by atoms with Crippen LogP contribution in [0.4, 0.5) is 4.39 Å². The second-order valence-corrected chi connectivity index (χ2v) is 8.48. The van der Waals surface area contributed by atoms with Crippen molar-refractivity contribution in [2.75, 3.05) is 7.11 Å². The van der Waals surface area contributed by atoms with Crippen LogP contribution in [0.3, 0.4) is 0 Å². The fourth-order valence-corrected chi connectivity index (χ4v) is 4.89. The Morgan fingerprint density at radius 2 is 1.88 bits per heavy atom. The van der Waals surface area contributed by atoms with Crippen LogP contribution in [0.25, 0.3) is 0 Å². The lowest BCUT2D eigenvalue weighted by Gasteiger charge is -2.23. The predicted molar refractivity (Wildman–Crippen MR) is 92.8 cm³/mol. The van der Waals surface area contributed by atoms with E-state index in [1.54, 1.807) is 30.3 Å². The van der Waals surface area contributed by atoms with E-state index in [1.165, 1.54) is 23.5 Å². The van der Waals surface area contributed by atoms with Gasteiger partial charge in [-0.05, 0) is 48.7 Å². The first-order chi connectivity index (χ1) is 11.4. The number of methoxy groups -OCH3 is 1. The molecule has 2 aromatic carbocycles. The summed E-state index contributed by atoms with van der Waals surface area (Å²) in [6.45, 7) is 0.211. The molecule has 128 valence electrons. The van der Waals surface area contributed by atoms with Gasteiger partial charge >= 0.3 is 0 Å². The van der Waals surface area contributed by atoms with Crippen molar-refractivity contribution < 1.29 is 17.5 Å². The number of hydrogen-bond donors (Lipinski definition) is 0. The molecule has 0 bridgehead atoms. The zero-order valence-electron chi connectivity index (χ0n) is 13.1. The Hall–Kier alpha value is -1.44. The van der Waals surface area contributed by atoms with E-state index >= 15 is 0 Å². The van der Waals surface area contributed by atoms with Crippen LogP contribution < -0.4 is 4.74 Å². The van der Waals surface area contributed by atoms with E-state index in [0.717, 1.165) is 18.4 Å². The van der Waals surface area contributed by atoms with E-state index in [-0.39, 0.29) is 23.3 Å². The van der Waals surface area contributed by atoms with Crippen LogP contribution in [-0.4, -0.2) is 25.9 Å². The molecule has 1 saturated carbocycles. The number of rotatable bonds is 6. The fraction of sp³-hybridized carbons (Fsp3) is 0.294. The molecule has 4 nitrogen and oxygen atoms in total. The summed E-state index contributed by atoms with van der Waals surface area (Å²) in [7, 11) is -2.28. The quantitative estimate of drug-likeness (QED) is 0.719. The number of halogens is 2. The van der Waals surface area contributed by atoms with Gasteiger partial charge in [0.2, 0.25) is 10.0 Å². The van der Waals surface area contributed by atoms with E-state index in [9.17, 15) is 12.8 Å². The summed E-state index contributed by atoms with van der Waals surface area (Å²) in [4.78, 5) is 0.133. The number of benzene rings is 2. The Balaban J connectivity index is 1.98. The SMILES string of the molecule is COc1ccc(Br)cc1S(=O)(=O)N(Cc1ccc(F)cc1)C1CC1. The molecule has 0 aromatic heterocycles. The number of hydrogen-bond acceptors (Lipinski definition) is 3. The fourth-order valence-electron chi connectivity index (χ4n) is 2.52. The first kappa shape index (κ1) is 17.4. The minimum absolute atomic E-state index is 0.0243. The lowest BCUT2D eigenvalue weighted by molar-refractivity contribution is 0.381. The number of nitrogens with zero attached hydrogens (tertiary/aromatic N) is 1. The second-order valence-electron chi connectivity index (χ2n) is 5.70. The lowest BCUT2D eigenvalue weighted by atomic mass is 10.2. The van der Waals surface area contributed by atoms with Crippen molar-refractivity contribution in [3.8, 4) is 5.75 Å². The van der Waals surface area contributed by atoms with Crippen LogP contribution in [0.2, 0.25) is 0 Å². The molecule has 0 amide bonds.